The molecule has 162 valence electrons. The van der Waals surface area contributed by atoms with Crippen LogP contribution in [0.3, 0.4) is 0 Å². The number of esters is 1. The van der Waals surface area contributed by atoms with Crippen LogP contribution in [0.1, 0.15) is 63.4 Å². The summed E-state index contributed by atoms with van der Waals surface area (Å²) in [7, 11) is 1.50. The third kappa shape index (κ3) is 2.64. The molecule has 2 saturated heterocycles. The van der Waals surface area contributed by atoms with Crippen molar-refractivity contribution in [2.45, 2.75) is 69.7 Å². The Morgan fingerprint density at radius 3 is 2.97 bits per heavy atom. The molecule has 1 aromatic carbocycles. The molecule has 1 aromatic rings. The zero-order valence-corrected chi connectivity index (χ0v) is 17.9. The lowest BCUT2D eigenvalue weighted by Crippen LogP contribution is -2.46. The maximum Gasteiger partial charge on any atom is 0.308 e. The van der Waals surface area contributed by atoms with Crippen molar-refractivity contribution in [2.24, 2.45) is 22.7 Å². The van der Waals surface area contributed by atoms with Crippen LogP contribution in [-0.2, 0) is 24.6 Å². The molecule has 5 heteroatoms. The highest BCUT2D eigenvalue weighted by Crippen LogP contribution is 2.87. The van der Waals surface area contributed by atoms with Gasteiger partial charge in [-0.3, -0.25) is 4.79 Å². The Kier molecular flexibility index (Phi) is 4.27. The van der Waals surface area contributed by atoms with Crippen molar-refractivity contribution >= 4 is 5.97 Å². The Hall–Kier alpha value is -1.59. The fourth-order valence-corrected chi connectivity index (χ4v) is 6.92. The summed E-state index contributed by atoms with van der Waals surface area (Å²) in [5, 5.41) is 0. The molecule has 5 aliphatic rings. The monoisotopic (exact) mass is 412 g/mol. The van der Waals surface area contributed by atoms with Crippen LogP contribution in [0, 0.1) is 22.7 Å². The molecule has 0 radical (unpaired) electrons. The van der Waals surface area contributed by atoms with Crippen LogP contribution in [0.25, 0.3) is 0 Å². The summed E-state index contributed by atoms with van der Waals surface area (Å²) in [6.07, 6.45) is 10.1. The molecule has 5 fully saturated rings. The summed E-state index contributed by atoms with van der Waals surface area (Å²) >= 11 is 0. The van der Waals surface area contributed by atoms with Crippen LogP contribution < -0.4 is 4.74 Å². The highest BCUT2D eigenvalue weighted by atomic mass is 16.7. The smallest absolute Gasteiger partial charge is 0.308 e. The van der Waals surface area contributed by atoms with Crippen LogP contribution in [0.2, 0.25) is 0 Å². The van der Waals surface area contributed by atoms with Crippen LogP contribution in [0.15, 0.2) is 24.3 Å². The van der Waals surface area contributed by atoms with Crippen LogP contribution in [0.4, 0.5) is 0 Å². The van der Waals surface area contributed by atoms with E-state index in [-0.39, 0.29) is 23.8 Å². The number of methoxy groups -OCH3 is 1. The molecule has 0 bridgehead atoms. The van der Waals surface area contributed by atoms with Gasteiger partial charge in [0.1, 0.15) is 5.75 Å². The first kappa shape index (κ1) is 19.1. The van der Waals surface area contributed by atoms with Crippen molar-refractivity contribution in [3.63, 3.8) is 0 Å². The van der Waals surface area contributed by atoms with E-state index in [1.54, 1.807) is 0 Å². The number of benzene rings is 1. The molecular formula is C25H32O5. The SMILES string of the molecule is COC(=O)C1CC1CCC12COC3(c4cccc(OC5CCCCO5)c4)CCC13C2. The number of carbonyl (C=O) groups excluding carboxylic acids is 1. The van der Waals surface area contributed by atoms with Crippen molar-refractivity contribution in [1.82, 2.24) is 0 Å². The first-order chi connectivity index (χ1) is 14.6. The number of carbonyl (C=O) groups is 1. The molecule has 2 heterocycles. The van der Waals surface area contributed by atoms with Gasteiger partial charge in [-0.05, 0) is 75.0 Å². The van der Waals surface area contributed by atoms with E-state index in [0.717, 1.165) is 51.1 Å². The molecule has 30 heavy (non-hydrogen) atoms. The molecule has 6 rings (SSSR count). The van der Waals surface area contributed by atoms with E-state index in [2.05, 4.69) is 18.2 Å². The van der Waals surface area contributed by atoms with E-state index in [0.29, 0.717) is 16.7 Å². The predicted octanol–water partition coefficient (Wildman–Crippen LogP) is 4.58. The number of rotatable bonds is 7. The first-order valence-electron chi connectivity index (χ1n) is 11.7. The van der Waals surface area contributed by atoms with E-state index in [1.165, 1.54) is 38.4 Å². The molecule has 3 aliphatic carbocycles. The maximum absolute atomic E-state index is 11.7. The second-order valence-corrected chi connectivity index (χ2v) is 10.3. The molecule has 5 nitrogen and oxygen atoms in total. The van der Waals surface area contributed by atoms with Gasteiger partial charge in [-0.2, -0.15) is 0 Å². The lowest BCUT2D eigenvalue weighted by molar-refractivity contribution is -0.142. The number of hydrogen-bond acceptors (Lipinski definition) is 5. The van der Waals surface area contributed by atoms with Crippen molar-refractivity contribution in [3.05, 3.63) is 29.8 Å². The van der Waals surface area contributed by atoms with Gasteiger partial charge in [-0.1, -0.05) is 12.1 Å². The van der Waals surface area contributed by atoms with E-state index in [9.17, 15) is 4.79 Å². The Labute approximate surface area is 178 Å². The van der Waals surface area contributed by atoms with Gasteiger partial charge >= 0.3 is 5.97 Å². The summed E-state index contributed by atoms with van der Waals surface area (Å²) in [5.74, 6) is 1.54. The zero-order chi connectivity index (χ0) is 20.4. The lowest BCUT2D eigenvalue weighted by Gasteiger charge is -2.48. The van der Waals surface area contributed by atoms with Gasteiger partial charge in [-0.25, -0.2) is 0 Å². The molecule has 6 unspecified atom stereocenters. The average molecular weight is 413 g/mol. The van der Waals surface area contributed by atoms with Gasteiger partial charge in [0.25, 0.3) is 0 Å². The van der Waals surface area contributed by atoms with Crippen molar-refractivity contribution < 1.29 is 23.7 Å². The molecule has 0 N–H and O–H groups in total. The molecule has 0 aromatic heterocycles. The van der Waals surface area contributed by atoms with Gasteiger partial charge in [0, 0.05) is 17.3 Å². The molecule has 1 spiro atoms. The Morgan fingerprint density at radius 2 is 2.20 bits per heavy atom. The molecule has 0 amide bonds. The van der Waals surface area contributed by atoms with Crippen LogP contribution in [-0.4, -0.2) is 32.6 Å². The number of hydrogen-bond donors (Lipinski definition) is 0. The third-order valence-electron chi connectivity index (χ3n) is 8.93. The minimum Gasteiger partial charge on any atom is -0.469 e. The van der Waals surface area contributed by atoms with Crippen molar-refractivity contribution in [3.8, 4) is 5.75 Å². The fourth-order valence-electron chi connectivity index (χ4n) is 6.92. The van der Waals surface area contributed by atoms with Crippen molar-refractivity contribution in [1.29, 1.82) is 0 Å². The minimum atomic E-state index is -0.134. The number of ether oxygens (including phenoxy) is 4. The molecule has 6 atom stereocenters. The minimum absolute atomic E-state index is 0.0255. The highest BCUT2D eigenvalue weighted by molar-refractivity contribution is 5.75. The van der Waals surface area contributed by atoms with Gasteiger partial charge in [0.15, 0.2) is 6.29 Å². The first-order valence-corrected chi connectivity index (χ1v) is 11.7. The van der Waals surface area contributed by atoms with Gasteiger partial charge in [0.05, 0.1) is 31.8 Å². The summed E-state index contributed by atoms with van der Waals surface area (Å²) in [4.78, 5) is 11.7. The van der Waals surface area contributed by atoms with Gasteiger partial charge < -0.3 is 18.9 Å². The molecule has 2 aliphatic heterocycles. The normalized spacial score (nSPS) is 43.2. The van der Waals surface area contributed by atoms with E-state index < -0.39 is 0 Å². The Bertz CT molecular complexity index is 844. The zero-order valence-electron chi connectivity index (χ0n) is 17.9. The quantitative estimate of drug-likeness (QED) is 0.614. The predicted molar refractivity (Wildman–Crippen MR) is 110 cm³/mol. The highest BCUT2D eigenvalue weighted by Gasteiger charge is 2.84. The Morgan fingerprint density at radius 1 is 1.27 bits per heavy atom. The lowest BCUT2D eigenvalue weighted by atomic mass is 9.60. The summed E-state index contributed by atoms with van der Waals surface area (Å²) < 4.78 is 23.4. The van der Waals surface area contributed by atoms with Crippen LogP contribution >= 0.6 is 0 Å². The maximum atomic E-state index is 11.7. The summed E-state index contributed by atoms with van der Waals surface area (Å²) in [5.41, 5.74) is 1.76. The second kappa shape index (κ2) is 6.70. The second-order valence-electron chi connectivity index (χ2n) is 10.3. The van der Waals surface area contributed by atoms with Crippen LogP contribution in [0.5, 0.6) is 5.75 Å². The summed E-state index contributed by atoms with van der Waals surface area (Å²) in [6, 6.07) is 8.56. The summed E-state index contributed by atoms with van der Waals surface area (Å²) in [6.45, 7) is 1.65. The van der Waals surface area contributed by atoms with E-state index >= 15 is 0 Å². The Balaban J connectivity index is 1.14. The van der Waals surface area contributed by atoms with Crippen molar-refractivity contribution in [2.75, 3.05) is 20.3 Å². The largest absolute Gasteiger partial charge is 0.469 e. The average Bonchev–Trinajstić information content (AvgIpc) is 3.66. The standard InChI is InChI=1S/C25H32O5/c1-27-22(26)20-13-17(20)8-9-23-15-24(23)10-11-25(24,29-16-23)18-5-4-6-19(14-18)30-21-7-2-3-12-28-21/h4-6,14,17,20-21H,2-3,7-13,15-16H2,1H3. The van der Waals surface area contributed by atoms with E-state index in [4.69, 9.17) is 18.9 Å². The van der Waals surface area contributed by atoms with E-state index in [1.807, 2.05) is 6.07 Å². The third-order valence-corrected chi connectivity index (χ3v) is 8.93. The van der Waals surface area contributed by atoms with Gasteiger partial charge in [0.2, 0.25) is 0 Å². The molecular weight excluding hydrogens is 380 g/mol. The molecule has 3 saturated carbocycles. The van der Waals surface area contributed by atoms with Gasteiger partial charge in [-0.15, -0.1) is 0 Å². The fraction of sp³-hybridized carbons (Fsp3) is 0.720. The topological polar surface area (TPSA) is 54.0 Å².